The highest BCUT2D eigenvalue weighted by Crippen LogP contribution is 2.36. The summed E-state index contributed by atoms with van der Waals surface area (Å²) in [7, 11) is 0. The average molecular weight is 533 g/mol. The first-order valence-corrected chi connectivity index (χ1v) is 11.0. The van der Waals surface area contributed by atoms with E-state index in [4.69, 9.17) is 11.6 Å². The van der Waals surface area contributed by atoms with Crippen LogP contribution in [0.1, 0.15) is 35.7 Å². The van der Waals surface area contributed by atoms with Gasteiger partial charge in [-0.1, -0.05) is 47.4 Å². The molecule has 1 amide bonds. The van der Waals surface area contributed by atoms with E-state index in [1.54, 1.807) is 6.07 Å². The first kappa shape index (κ1) is 23.0. The Balaban J connectivity index is 1.67. The van der Waals surface area contributed by atoms with Crippen molar-refractivity contribution in [2.75, 3.05) is 5.32 Å². The Morgan fingerprint density at radius 1 is 1.09 bits per heavy atom. The van der Waals surface area contributed by atoms with Gasteiger partial charge in [-0.15, -0.1) is 4.80 Å². The fourth-order valence-electron chi connectivity index (χ4n) is 3.35. The molecule has 2 aromatic carbocycles. The van der Waals surface area contributed by atoms with Crippen molar-refractivity contribution in [1.29, 1.82) is 0 Å². The quantitative estimate of drug-likeness (QED) is 0.323. The average Bonchev–Trinajstić information content (AvgIpc) is 3.28. The highest BCUT2D eigenvalue weighted by atomic mass is 79.9. The molecule has 0 aliphatic rings. The van der Waals surface area contributed by atoms with Crippen molar-refractivity contribution in [2.24, 2.45) is 0 Å². The van der Waals surface area contributed by atoms with Gasteiger partial charge in [0.25, 0.3) is 5.91 Å². The number of halogens is 4. The molecule has 0 saturated heterocycles. The van der Waals surface area contributed by atoms with E-state index in [1.165, 1.54) is 53.7 Å². The summed E-state index contributed by atoms with van der Waals surface area (Å²) in [5, 5.41) is 10.8. The Bertz CT molecular complexity index is 1350. The molecule has 0 unspecified atom stereocenters. The van der Waals surface area contributed by atoms with Crippen LogP contribution >= 0.6 is 27.5 Å². The van der Waals surface area contributed by atoms with E-state index in [0.717, 1.165) is 5.56 Å². The molecule has 2 heterocycles. The van der Waals surface area contributed by atoms with Gasteiger partial charge in [0.15, 0.2) is 5.82 Å². The summed E-state index contributed by atoms with van der Waals surface area (Å²) in [5.41, 5.74) is 2.10. The molecule has 0 aliphatic heterocycles. The molecule has 0 aliphatic carbocycles. The number of rotatable bonds is 5. The second kappa shape index (κ2) is 9.36. The third kappa shape index (κ3) is 4.79. The van der Waals surface area contributed by atoms with Gasteiger partial charge in [0, 0.05) is 4.47 Å². The van der Waals surface area contributed by atoms with Crippen LogP contribution in [0.4, 0.5) is 14.5 Å². The van der Waals surface area contributed by atoms with Crippen molar-refractivity contribution in [3.05, 3.63) is 87.2 Å². The van der Waals surface area contributed by atoms with E-state index in [2.05, 4.69) is 36.4 Å². The minimum atomic E-state index is -0.709. The second-order valence-electron chi connectivity index (χ2n) is 7.50. The molecule has 0 fully saturated rings. The summed E-state index contributed by atoms with van der Waals surface area (Å²) in [4.78, 5) is 18.3. The zero-order valence-electron chi connectivity index (χ0n) is 17.5. The molecule has 2 aromatic heterocycles. The SMILES string of the molecule is CC(C)c1cc(C(=O)Nc2cnc(-n3nccn3)c(Cl)c2)c(F)cc1-c1ccc(F)cc1Br. The number of anilines is 1. The zero-order chi connectivity index (χ0) is 23.7. The first-order chi connectivity index (χ1) is 15.7. The number of carbonyl (C=O) groups is 1. The Kier molecular flexibility index (Phi) is 6.53. The van der Waals surface area contributed by atoms with Crippen LogP contribution in [0.15, 0.2) is 59.5 Å². The van der Waals surface area contributed by atoms with Crippen LogP contribution in [0.3, 0.4) is 0 Å². The number of nitrogens with zero attached hydrogens (tertiary/aromatic N) is 4. The van der Waals surface area contributed by atoms with Crippen LogP contribution in [0.5, 0.6) is 0 Å². The fraction of sp³-hybridized carbons (Fsp3) is 0.130. The number of aromatic nitrogens is 4. The smallest absolute Gasteiger partial charge is 0.258 e. The molecule has 168 valence electrons. The standard InChI is InChI=1S/C23H17BrClF2N5O/c1-12(2)16-9-18(21(27)10-17(16)15-4-3-13(26)7-19(15)24)23(33)31-14-8-20(25)22(28-11-14)32-29-5-6-30-32/h3-12H,1-2H3,(H,31,33). The van der Waals surface area contributed by atoms with E-state index in [0.29, 0.717) is 21.4 Å². The van der Waals surface area contributed by atoms with Crippen molar-refractivity contribution in [1.82, 2.24) is 20.0 Å². The lowest BCUT2D eigenvalue weighted by Gasteiger charge is -2.17. The third-order valence-corrected chi connectivity index (χ3v) is 5.85. The summed E-state index contributed by atoms with van der Waals surface area (Å²) >= 11 is 9.58. The maximum absolute atomic E-state index is 15.1. The van der Waals surface area contributed by atoms with Gasteiger partial charge in [-0.2, -0.15) is 10.2 Å². The molecule has 10 heteroatoms. The van der Waals surface area contributed by atoms with Gasteiger partial charge >= 0.3 is 0 Å². The van der Waals surface area contributed by atoms with Crippen molar-refractivity contribution >= 4 is 39.1 Å². The van der Waals surface area contributed by atoms with Crippen molar-refractivity contribution in [2.45, 2.75) is 19.8 Å². The first-order valence-electron chi connectivity index (χ1n) is 9.87. The molecule has 0 atom stereocenters. The molecule has 4 rings (SSSR count). The molecule has 6 nitrogen and oxygen atoms in total. The maximum atomic E-state index is 15.1. The highest BCUT2D eigenvalue weighted by molar-refractivity contribution is 9.10. The topological polar surface area (TPSA) is 72.7 Å². The number of amides is 1. The monoisotopic (exact) mass is 531 g/mol. The third-order valence-electron chi connectivity index (χ3n) is 4.91. The summed E-state index contributed by atoms with van der Waals surface area (Å²) in [6.45, 7) is 3.86. The zero-order valence-corrected chi connectivity index (χ0v) is 19.8. The molecule has 0 bridgehead atoms. The molecule has 33 heavy (non-hydrogen) atoms. The lowest BCUT2D eigenvalue weighted by atomic mass is 9.90. The van der Waals surface area contributed by atoms with Gasteiger partial charge in [-0.25, -0.2) is 13.8 Å². The van der Waals surface area contributed by atoms with E-state index in [9.17, 15) is 9.18 Å². The Hall–Kier alpha value is -3.17. The largest absolute Gasteiger partial charge is 0.320 e. The van der Waals surface area contributed by atoms with Crippen molar-refractivity contribution in [3.63, 3.8) is 0 Å². The van der Waals surface area contributed by atoms with Crippen LogP contribution in [0.25, 0.3) is 16.9 Å². The predicted octanol–water partition coefficient (Wildman–Crippen LogP) is 6.40. The van der Waals surface area contributed by atoms with Gasteiger partial charge in [0.05, 0.1) is 34.9 Å². The summed E-state index contributed by atoms with van der Waals surface area (Å²) in [5.74, 6) is -1.50. The van der Waals surface area contributed by atoms with E-state index in [-0.39, 0.29) is 22.2 Å². The van der Waals surface area contributed by atoms with Gasteiger partial charge < -0.3 is 5.32 Å². The number of nitrogens with one attached hydrogen (secondary N) is 1. The molecule has 1 N–H and O–H groups in total. The summed E-state index contributed by atoms with van der Waals surface area (Å²) < 4.78 is 29.1. The Morgan fingerprint density at radius 2 is 1.82 bits per heavy atom. The molecular weight excluding hydrogens is 516 g/mol. The number of benzene rings is 2. The van der Waals surface area contributed by atoms with E-state index in [1.807, 2.05) is 13.8 Å². The molecule has 4 aromatic rings. The Morgan fingerprint density at radius 3 is 2.45 bits per heavy atom. The van der Waals surface area contributed by atoms with Crippen LogP contribution in [0.2, 0.25) is 5.02 Å². The normalized spacial score (nSPS) is 11.1. The van der Waals surface area contributed by atoms with E-state index >= 15 is 4.39 Å². The predicted molar refractivity (Wildman–Crippen MR) is 126 cm³/mol. The fourth-order valence-corrected chi connectivity index (χ4v) is 4.16. The van der Waals surface area contributed by atoms with Gasteiger partial charge in [-0.05, 0) is 52.9 Å². The second-order valence-corrected chi connectivity index (χ2v) is 8.76. The lowest BCUT2D eigenvalue weighted by Crippen LogP contribution is -2.15. The maximum Gasteiger partial charge on any atom is 0.258 e. The lowest BCUT2D eigenvalue weighted by molar-refractivity contribution is 0.102. The van der Waals surface area contributed by atoms with Gasteiger partial charge in [-0.3, -0.25) is 4.79 Å². The number of hydrogen-bond donors (Lipinski definition) is 1. The number of hydrogen-bond acceptors (Lipinski definition) is 4. The number of pyridine rings is 1. The minimum absolute atomic E-state index is 0.0268. The van der Waals surface area contributed by atoms with Crippen LogP contribution < -0.4 is 5.32 Å². The van der Waals surface area contributed by atoms with E-state index < -0.39 is 17.5 Å². The van der Waals surface area contributed by atoms with Crippen LogP contribution in [-0.4, -0.2) is 25.9 Å². The number of carbonyl (C=O) groups excluding carboxylic acids is 1. The van der Waals surface area contributed by atoms with Gasteiger partial charge in [0.1, 0.15) is 11.6 Å². The van der Waals surface area contributed by atoms with Gasteiger partial charge in [0.2, 0.25) is 0 Å². The van der Waals surface area contributed by atoms with Crippen molar-refractivity contribution < 1.29 is 13.6 Å². The molecule has 0 spiro atoms. The Labute approximate surface area is 201 Å². The molecular formula is C23H17BrClF2N5O. The summed E-state index contributed by atoms with van der Waals surface area (Å²) in [6, 6.07) is 8.48. The van der Waals surface area contributed by atoms with Crippen molar-refractivity contribution in [3.8, 4) is 16.9 Å². The van der Waals surface area contributed by atoms with Crippen LogP contribution in [-0.2, 0) is 0 Å². The minimum Gasteiger partial charge on any atom is -0.320 e. The van der Waals surface area contributed by atoms with Crippen LogP contribution in [0, 0.1) is 11.6 Å². The highest BCUT2D eigenvalue weighted by Gasteiger charge is 2.20. The molecule has 0 saturated carbocycles. The summed E-state index contributed by atoms with van der Waals surface area (Å²) in [6.07, 6.45) is 4.35. The molecule has 0 radical (unpaired) electrons.